The zero-order valence-corrected chi connectivity index (χ0v) is 13.9. The maximum atomic E-state index is 12.2. The van der Waals surface area contributed by atoms with Crippen LogP contribution in [-0.2, 0) is 4.79 Å². The first-order valence-electron chi connectivity index (χ1n) is 6.76. The highest BCUT2D eigenvalue weighted by atomic mass is 79.9. The summed E-state index contributed by atoms with van der Waals surface area (Å²) in [6.45, 7) is 5.68. The van der Waals surface area contributed by atoms with Gasteiger partial charge >= 0.3 is 0 Å². The van der Waals surface area contributed by atoms with Crippen LogP contribution in [0.15, 0.2) is 46.9 Å². The number of carbonyl (C=O) groups excluding carboxylic acids is 1. The number of rotatable bonds is 4. The van der Waals surface area contributed by atoms with Crippen LogP contribution in [0.2, 0.25) is 0 Å². The van der Waals surface area contributed by atoms with Crippen LogP contribution in [0.4, 0.5) is 5.69 Å². The molecule has 0 heterocycles. The van der Waals surface area contributed by atoms with E-state index in [1.54, 1.807) is 6.92 Å². The van der Waals surface area contributed by atoms with Gasteiger partial charge in [-0.15, -0.1) is 0 Å². The van der Waals surface area contributed by atoms with Crippen molar-refractivity contribution in [3.63, 3.8) is 0 Å². The highest BCUT2D eigenvalue weighted by Crippen LogP contribution is 2.21. The maximum Gasteiger partial charge on any atom is 0.265 e. The molecule has 21 heavy (non-hydrogen) atoms. The predicted molar refractivity (Wildman–Crippen MR) is 88.8 cm³/mol. The maximum absolute atomic E-state index is 12.2. The fraction of sp³-hybridized carbons (Fsp3) is 0.235. The van der Waals surface area contributed by atoms with Gasteiger partial charge in [-0.05, 0) is 62.2 Å². The summed E-state index contributed by atoms with van der Waals surface area (Å²) in [5, 5.41) is 2.89. The lowest BCUT2D eigenvalue weighted by Gasteiger charge is -2.16. The van der Waals surface area contributed by atoms with E-state index in [9.17, 15) is 4.79 Å². The van der Waals surface area contributed by atoms with Crippen molar-refractivity contribution in [1.29, 1.82) is 0 Å². The number of nitrogens with one attached hydrogen (secondary N) is 1. The van der Waals surface area contributed by atoms with Crippen molar-refractivity contribution in [1.82, 2.24) is 0 Å². The highest BCUT2D eigenvalue weighted by Gasteiger charge is 2.15. The van der Waals surface area contributed by atoms with Crippen molar-refractivity contribution in [2.24, 2.45) is 0 Å². The summed E-state index contributed by atoms with van der Waals surface area (Å²) >= 11 is 3.41. The molecule has 2 aromatic rings. The number of carbonyl (C=O) groups is 1. The number of hydrogen-bond donors (Lipinski definition) is 1. The normalized spacial score (nSPS) is 11.8. The van der Waals surface area contributed by atoms with Gasteiger partial charge in [-0.25, -0.2) is 0 Å². The van der Waals surface area contributed by atoms with Crippen molar-refractivity contribution in [3.05, 3.63) is 58.1 Å². The Labute approximate surface area is 133 Å². The Hall–Kier alpha value is -1.81. The van der Waals surface area contributed by atoms with Crippen LogP contribution in [0.25, 0.3) is 0 Å². The van der Waals surface area contributed by atoms with Crippen LogP contribution in [0, 0.1) is 13.8 Å². The van der Waals surface area contributed by atoms with E-state index in [-0.39, 0.29) is 5.91 Å². The van der Waals surface area contributed by atoms with Crippen LogP contribution in [0.3, 0.4) is 0 Å². The second-order valence-corrected chi connectivity index (χ2v) is 5.94. The van der Waals surface area contributed by atoms with Gasteiger partial charge in [0.15, 0.2) is 6.10 Å². The predicted octanol–water partition coefficient (Wildman–Crippen LogP) is 4.47. The van der Waals surface area contributed by atoms with Gasteiger partial charge in [-0.3, -0.25) is 4.79 Å². The second kappa shape index (κ2) is 6.76. The van der Waals surface area contributed by atoms with E-state index >= 15 is 0 Å². The first kappa shape index (κ1) is 15.6. The van der Waals surface area contributed by atoms with E-state index in [1.165, 1.54) is 0 Å². The van der Waals surface area contributed by atoms with Gasteiger partial charge in [-0.1, -0.05) is 28.1 Å². The molecule has 0 aliphatic heterocycles. The molecule has 0 saturated heterocycles. The van der Waals surface area contributed by atoms with Crippen LogP contribution in [0.5, 0.6) is 5.75 Å². The third-order valence-electron chi connectivity index (χ3n) is 3.12. The zero-order valence-electron chi connectivity index (χ0n) is 12.3. The Morgan fingerprint density at radius 1 is 1.19 bits per heavy atom. The minimum atomic E-state index is -0.560. The molecule has 4 heteroatoms. The summed E-state index contributed by atoms with van der Waals surface area (Å²) in [5.74, 6) is 0.534. The third kappa shape index (κ3) is 4.33. The molecule has 0 spiro atoms. The number of benzene rings is 2. The zero-order chi connectivity index (χ0) is 15.4. The molecule has 0 aromatic heterocycles. The second-order valence-electron chi connectivity index (χ2n) is 5.03. The Morgan fingerprint density at radius 3 is 2.62 bits per heavy atom. The van der Waals surface area contributed by atoms with Gasteiger partial charge in [0.2, 0.25) is 0 Å². The van der Waals surface area contributed by atoms with Crippen molar-refractivity contribution >= 4 is 27.5 Å². The fourth-order valence-electron chi connectivity index (χ4n) is 1.95. The van der Waals surface area contributed by atoms with Crippen molar-refractivity contribution in [3.8, 4) is 5.75 Å². The molecule has 3 nitrogen and oxygen atoms in total. The minimum Gasteiger partial charge on any atom is -0.481 e. The van der Waals surface area contributed by atoms with Crippen LogP contribution >= 0.6 is 15.9 Å². The lowest BCUT2D eigenvalue weighted by Crippen LogP contribution is -2.30. The fourth-order valence-corrected chi connectivity index (χ4v) is 2.42. The molecule has 0 radical (unpaired) electrons. The number of aryl methyl sites for hydroxylation is 2. The standard InChI is InChI=1S/C17H18BrNO2/c1-11-5-4-6-15(9-11)21-13(3)17(20)19-16-8-7-14(18)10-12(16)2/h4-10,13H,1-3H3,(H,19,20). The molecule has 110 valence electrons. The van der Waals surface area contributed by atoms with Gasteiger partial charge in [0.1, 0.15) is 5.75 Å². The number of amides is 1. The molecule has 0 aliphatic carbocycles. The molecule has 0 saturated carbocycles. The van der Waals surface area contributed by atoms with Crippen LogP contribution in [0.1, 0.15) is 18.1 Å². The summed E-state index contributed by atoms with van der Waals surface area (Å²) in [7, 11) is 0. The quantitative estimate of drug-likeness (QED) is 0.885. The first-order chi connectivity index (χ1) is 9.95. The van der Waals surface area contributed by atoms with Crippen molar-refractivity contribution in [2.75, 3.05) is 5.32 Å². The van der Waals surface area contributed by atoms with Gasteiger partial charge < -0.3 is 10.1 Å². The summed E-state index contributed by atoms with van der Waals surface area (Å²) in [5.41, 5.74) is 2.90. The van der Waals surface area contributed by atoms with Crippen molar-refractivity contribution in [2.45, 2.75) is 26.9 Å². The third-order valence-corrected chi connectivity index (χ3v) is 3.61. The summed E-state index contributed by atoms with van der Waals surface area (Å²) in [4.78, 5) is 12.2. The van der Waals surface area contributed by atoms with E-state index < -0.39 is 6.10 Å². The Morgan fingerprint density at radius 2 is 1.95 bits per heavy atom. The monoisotopic (exact) mass is 347 g/mol. The van der Waals surface area contributed by atoms with E-state index in [0.29, 0.717) is 5.75 Å². The van der Waals surface area contributed by atoms with E-state index in [0.717, 1.165) is 21.3 Å². The molecule has 0 fully saturated rings. The van der Waals surface area contributed by atoms with Gasteiger partial charge in [-0.2, -0.15) is 0 Å². The molecule has 1 N–H and O–H groups in total. The molecular formula is C17H18BrNO2. The molecule has 2 aromatic carbocycles. The Balaban J connectivity index is 2.02. The molecular weight excluding hydrogens is 330 g/mol. The van der Waals surface area contributed by atoms with Gasteiger partial charge in [0.25, 0.3) is 5.91 Å². The van der Waals surface area contributed by atoms with E-state index in [4.69, 9.17) is 4.74 Å². The van der Waals surface area contributed by atoms with E-state index in [2.05, 4.69) is 21.2 Å². The molecule has 0 bridgehead atoms. The SMILES string of the molecule is Cc1cccc(OC(C)C(=O)Nc2ccc(Br)cc2C)c1. The number of ether oxygens (including phenoxy) is 1. The number of hydrogen-bond acceptors (Lipinski definition) is 2. The highest BCUT2D eigenvalue weighted by molar-refractivity contribution is 9.10. The first-order valence-corrected chi connectivity index (χ1v) is 7.55. The Bertz CT molecular complexity index is 655. The largest absolute Gasteiger partial charge is 0.481 e. The molecule has 0 aliphatic rings. The summed E-state index contributed by atoms with van der Waals surface area (Å²) < 4.78 is 6.66. The van der Waals surface area contributed by atoms with Crippen molar-refractivity contribution < 1.29 is 9.53 Å². The number of halogens is 1. The molecule has 2 rings (SSSR count). The lowest BCUT2D eigenvalue weighted by atomic mass is 10.2. The Kier molecular flexibility index (Phi) is 5.02. The minimum absolute atomic E-state index is 0.165. The lowest BCUT2D eigenvalue weighted by molar-refractivity contribution is -0.122. The molecule has 1 unspecified atom stereocenters. The average Bonchev–Trinajstić information content (AvgIpc) is 2.41. The topological polar surface area (TPSA) is 38.3 Å². The van der Waals surface area contributed by atoms with Crippen LogP contribution < -0.4 is 10.1 Å². The van der Waals surface area contributed by atoms with Crippen LogP contribution in [-0.4, -0.2) is 12.0 Å². The van der Waals surface area contributed by atoms with E-state index in [1.807, 2.05) is 56.3 Å². The summed E-state index contributed by atoms with van der Waals surface area (Å²) in [6.07, 6.45) is -0.560. The molecule has 1 amide bonds. The van der Waals surface area contributed by atoms with Gasteiger partial charge in [0.05, 0.1) is 0 Å². The smallest absolute Gasteiger partial charge is 0.265 e. The average molecular weight is 348 g/mol. The van der Waals surface area contributed by atoms with Gasteiger partial charge in [0, 0.05) is 10.2 Å². The summed E-state index contributed by atoms with van der Waals surface area (Å²) in [6, 6.07) is 13.4. The number of anilines is 1. The molecule has 1 atom stereocenters.